The minimum Gasteiger partial charge on any atom is -0.309 e. The van der Waals surface area contributed by atoms with Crippen molar-refractivity contribution in [3.63, 3.8) is 0 Å². The molecule has 0 aliphatic carbocycles. The molecule has 0 fully saturated rings. The molecule has 188 valence electrons. The molecule has 0 atom stereocenters. The lowest BCUT2D eigenvalue weighted by Gasteiger charge is -2.28. The van der Waals surface area contributed by atoms with E-state index < -0.39 is 0 Å². The molecule has 3 heteroatoms. The summed E-state index contributed by atoms with van der Waals surface area (Å²) in [6, 6.07) is 50.1. The Kier molecular flexibility index (Phi) is 5.35. The molecule has 0 bridgehead atoms. The largest absolute Gasteiger partial charge is 0.309 e. The minimum absolute atomic E-state index is 1.05. The van der Waals surface area contributed by atoms with Crippen LogP contribution in [0, 0.1) is 0 Å². The summed E-state index contributed by atoms with van der Waals surface area (Å²) >= 11 is 1.75. The van der Waals surface area contributed by atoms with Crippen LogP contribution in [0.15, 0.2) is 146 Å². The van der Waals surface area contributed by atoms with Crippen LogP contribution in [0.4, 0.5) is 17.1 Å². The first kappa shape index (κ1) is 22.9. The van der Waals surface area contributed by atoms with Gasteiger partial charge in [0.25, 0.3) is 0 Å². The number of aromatic nitrogens is 1. The standard InChI is InChI=1S/C37H24N2S/c1-2-10-25(11-3-1)26-18-20-28(21-19-26)39(33-22-23-38-37-36(33)32-16-8-9-17-35(32)40-37)34-24-27-12-4-5-13-29(27)30-14-6-7-15-31(30)34/h1-24H. The van der Waals surface area contributed by atoms with Crippen molar-refractivity contribution in [2.45, 2.75) is 0 Å². The number of nitrogens with zero attached hydrogens (tertiary/aromatic N) is 2. The molecule has 0 saturated carbocycles. The van der Waals surface area contributed by atoms with Crippen molar-refractivity contribution in [1.29, 1.82) is 0 Å². The van der Waals surface area contributed by atoms with Gasteiger partial charge in [-0.3, -0.25) is 0 Å². The first-order valence-electron chi connectivity index (χ1n) is 13.5. The summed E-state index contributed by atoms with van der Waals surface area (Å²) in [5.74, 6) is 0. The topological polar surface area (TPSA) is 16.1 Å². The third-order valence-corrected chi connectivity index (χ3v) is 8.80. The zero-order valence-corrected chi connectivity index (χ0v) is 22.5. The van der Waals surface area contributed by atoms with E-state index in [1.807, 2.05) is 6.20 Å². The molecule has 0 unspecified atom stereocenters. The van der Waals surface area contributed by atoms with Crippen molar-refractivity contribution in [1.82, 2.24) is 4.98 Å². The molecule has 0 saturated heterocycles. The van der Waals surface area contributed by atoms with Gasteiger partial charge < -0.3 is 4.90 Å². The molecule has 2 heterocycles. The van der Waals surface area contributed by atoms with Gasteiger partial charge in [0.1, 0.15) is 4.83 Å². The fourth-order valence-electron chi connectivity index (χ4n) is 5.88. The van der Waals surface area contributed by atoms with Gasteiger partial charge in [-0.05, 0) is 57.6 Å². The van der Waals surface area contributed by atoms with Crippen LogP contribution in [-0.2, 0) is 0 Å². The number of fused-ring (bicyclic) bond motifs is 6. The summed E-state index contributed by atoms with van der Waals surface area (Å²) in [4.78, 5) is 8.28. The quantitative estimate of drug-likeness (QED) is 0.211. The molecule has 0 radical (unpaired) electrons. The van der Waals surface area contributed by atoms with Crippen molar-refractivity contribution in [3.8, 4) is 11.1 Å². The van der Waals surface area contributed by atoms with E-state index in [2.05, 4.69) is 144 Å². The number of hydrogen-bond donors (Lipinski definition) is 0. The lowest BCUT2D eigenvalue weighted by atomic mass is 9.98. The second kappa shape index (κ2) is 9.33. The SMILES string of the molecule is c1ccc(-c2ccc(N(c3cc4ccccc4c4ccccc34)c3ccnc4sc5ccccc5c34)cc2)cc1. The summed E-state index contributed by atoms with van der Waals surface area (Å²) in [6.07, 6.45) is 1.95. The van der Waals surface area contributed by atoms with Crippen molar-refractivity contribution < 1.29 is 0 Å². The molecule has 0 aliphatic heterocycles. The van der Waals surface area contributed by atoms with Gasteiger partial charge in [-0.15, -0.1) is 11.3 Å². The Morgan fingerprint density at radius 2 is 1.15 bits per heavy atom. The van der Waals surface area contributed by atoms with Gasteiger partial charge in [0, 0.05) is 32.7 Å². The second-order valence-electron chi connectivity index (χ2n) is 10.0. The van der Waals surface area contributed by atoms with E-state index in [-0.39, 0.29) is 0 Å². The van der Waals surface area contributed by atoms with Crippen LogP contribution in [0.1, 0.15) is 0 Å². The Morgan fingerprint density at radius 1 is 0.500 bits per heavy atom. The molecule has 0 aliphatic rings. The smallest absolute Gasteiger partial charge is 0.126 e. The first-order chi connectivity index (χ1) is 19.8. The molecule has 2 nitrogen and oxygen atoms in total. The van der Waals surface area contributed by atoms with Gasteiger partial charge in [-0.2, -0.15) is 0 Å². The van der Waals surface area contributed by atoms with Gasteiger partial charge in [-0.25, -0.2) is 4.98 Å². The van der Waals surface area contributed by atoms with E-state index >= 15 is 0 Å². The fourth-order valence-corrected chi connectivity index (χ4v) is 6.94. The number of hydrogen-bond acceptors (Lipinski definition) is 3. The van der Waals surface area contributed by atoms with Crippen molar-refractivity contribution in [3.05, 3.63) is 146 Å². The van der Waals surface area contributed by atoms with E-state index in [4.69, 9.17) is 4.98 Å². The van der Waals surface area contributed by atoms with Gasteiger partial charge in [0.15, 0.2) is 0 Å². The number of anilines is 3. The average Bonchev–Trinajstić information content (AvgIpc) is 3.41. The van der Waals surface area contributed by atoms with Crippen molar-refractivity contribution >= 4 is 70.2 Å². The summed E-state index contributed by atoms with van der Waals surface area (Å²) in [5.41, 5.74) is 5.82. The molecular weight excluding hydrogens is 504 g/mol. The zero-order chi connectivity index (χ0) is 26.5. The third kappa shape index (κ3) is 3.67. The van der Waals surface area contributed by atoms with E-state index in [9.17, 15) is 0 Å². The maximum atomic E-state index is 4.81. The van der Waals surface area contributed by atoms with E-state index in [0.717, 1.165) is 21.9 Å². The summed E-state index contributed by atoms with van der Waals surface area (Å²) in [5, 5.41) is 7.39. The molecule has 6 aromatic carbocycles. The summed E-state index contributed by atoms with van der Waals surface area (Å²) in [7, 11) is 0. The lowest BCUT2D eigenvalue weighted by Crippen LogP contribution is -2.11. The molecule has 0 N–H and O–H groups in total. The van der Waals surface area contributed by atoms with Gasteiger partial charge >= 0.3 is 0 Å². The van der Waals surface area contributed by atoms with Gasteiger partial charge in [-0.1, -0.05) is 109 Å². The summed E-state index contributed by atoms with van der Waals surface area (Å²) in [6.45, 7) is 0. The molecule has 0 amide bonds. The normalized spacial score (nSPS) is 11.5. The van der Waals surface area contributed by atoms with Crippen molar-refractivity contribution in [2.75, 3.05) is 4.90 Å². The molecule has 40 heavy (non-hydrogen) atoms. The first-order valence-corrected chi connectivity index (χ1v) is 14.3. The van der Waals surface area contributed by atoms with Crippen LogP contribution >= 0.6 is 11.3 Å². The maximum absolute atomic E-state index is 4.81. The number of thiophene rings is 1. The highest BCUT2D eigenvalue weighted by Crippen LogP contribution is 2.47. The van der Waals surface area contributed by atoms with Crippen LogP contribution in [-0.4, -0.2) is 4.98 Å². The van der Waals surface area contributed by atoms with Crippen LogP contribution in [0.3, 0.4) is 0 Å². The zero-order valence-electron chi connectivity index (χ0n) is 21.7. The Morgan fingerprint density at radius 3 is 1.98 bits per heavy atom. The highest BCUT2D eigenvalue weighted by molar-refractivity contribution is 7.25. The predicted octanol–water partition coefficient (Wildman–Crippen LogP) is 10.9. The van der Waals surface area contributed by atoms with Crippen molar-refractivity contribution in [2.24, 2.45) is 0 Å². The molecule has 2 aromatic heterocycles. The van der Waals surface area contributed by atoms with Crippen LogP contribution in [0.25, 0.3) is 53.0 Å². The highest BCUT2D eigenvalue weighted by Gasteiger charge is 2.21. The van der Waals surface area contributed by atoms with E-state index in [1.165, 1.54) is 48.1 Å². The molecular formula is C37H24N2S. The molecule has 8 aromatic rings. The minimum atomic E-state index is 1.05. The third-order valence-electron chi connectivity index (χ3n) is 7.72. The van der Waals surface area contributed by atoms with Crippen LogP contribution in [0.2, 0.25) is 0 Å². The average molecular weight is 529 g/mol. The Bertz CT molecular complexity index is 2160. The number of benzene rings is 6. The fraction of sp³-hybridized carbons (Fsp3) is 0. The molecule has 0 spiro atoms. The van der Waals surface area contributed by atoms with Crippen LogP contribution < -0.4 is 4.90 Å². The Labute approximate surface area is 236 Å². The Hall–Kier alpha value is -4.99. The number of rotatable bonds is 4. The van der Waals surface area contributed by atoms with Crippen LogP contribution in [0.5, 0.6) is 0 Å². The van der Waals surface area contributed by atoms with Gasteiger partial charge in [0.2, 0.25) is 0 Å². The maximum Gasteiger partial charge on any atom is 0.126 e. The Balaban J connectivity index is 1.45. The van der Waals surface area contributed by atoms with Gasteiger partial charge in [0.05, 0.1) is 11.4 Å². The van der Waals surface area contributed by atoms with E-state index in [1.54, 1.807) is 11.3 Å². The number of pyridine rings is 1. The van der Waals surface area contributed by atoms with E-state index in [0.29, 0.717) is 0 Å². The summed E-state index contributed by atoms with van der Waals surface area (Å²) < 4.78 is 1.25. The predicted molar refractivity (Wildman–Crippen MR) is 172 cm³/mol. The second-order valence-corrected chi connectivity index (χ2v) is 11.0. The highest BCUT2D eigenvalue weighted by atomic mass is 32.1. The lowest BCUT2D eigenvalue weighted by molar-refractivity contribution is 1.30. The monoisotopic (exact) mass is 528 g/mol. The molecule has 8 rings (SSSR count).